The zero-order valence-electron chi connectivity index (χ0n) is 10.9. The largest absolute Gasteiger partial charge is 0.352 e. The molecule has 108 valence electrons. The van der Waals surface area contributed by atoms with E-state index in [0.29, 0.717) is 6.42 Å². The minimum atomic E-state index is -3.05. The quantitative estimate of drug-likeness (QED) is 0.790. The van der Waals surface area contributed by atoms with Crippen LogP contribution in [0.15, 0.2) is 0 Å². The van der Waals surface area contributed by atoms with E-state index in [1.807, 2.05) is 0 Å². The zero-order valence-corrected chi connectivity index (χ0v) is 12.5. The van der Waals surface area contributed by atoms with Gasteiger partial charge >= 0.3 is 0 Å². The highest BCUT2D eigenvalue weighted by Gasteiger charge is 2.26. The van der Waals surface area contributed by atoms with E-state index >= 15 is 0 Å². The van der Waals surface area contributed by atoms with Gasteiger partial charge in [-0.1, -0.05) is 6.42 Å². The summed E-state index contributed by atoms with van der Waals surface area (Å²) in [6.07, 6.45) is 4.68. The molecule has 0 bridgehead atoms. The van der Waals surface area contributed by atoms with Crippen molar-refractivity contribution in [2.24, 2.45) is 11.7 Å². The molecule has 3 atom stereocenters. The Balaban J connectivity index is 0.00000289. The van der Waals surface area contributed by atoms with Gasteiger partial charge in [0.1, 0.15) is 9.84 Å². The molecule has 3 unspecified atom stereocenters. The van der Waals surface area contributed by atoms with Crippen LogP contribution in [0.5, 0.6) is 0 Å². The fourth-order valence-electron chi connectivity index (χ4n) is 2.32. The number of nitrogens with two attached hydrogens (primary N) is 1. The Bertz CT molecular complexity index is 372. The van der Waals surface area contributed by atoms with Gasteiger partial charge in [0, 0.05) is 24.3 Å². The van der Waals surface area contributed by atoms with Crippen LogP contribution in [0.1, 0.15) is 32.6 Å². The molecule has 0 heterocycles. The van der Waals surface area contributed by atoms with Crippen molar-refractivity contribution in [3.63, 3.8) is 0 Å². The maximum Gasteiger partial charge on any atom is 0.223 e. The van der Waals surface area contributed by atoms with Crippen molar-refractivity contribution in [2.75, 3.05) is 12.0 Å². The summed E-state index contributed by atoms with van der Waals surface area (Å²) in [4.78, 5) is 11.9. The molecule has 0 spiro atoms. The van der Waals surface area contributed by atoms with Gasteiger partial charge in [-0.2, -0.15) is 0 Å². The first-order valence-electron chi connectivity index (χ1n) is 6.01. The van der Waals surface area contributed by atoms with E-state index in [9.17, 15) is 13.2 Å². The molecule has 0 radical (unpaired) electrons. The van der Waals surface area contributed by atoms with Crippen molar-refractivity contribution < 1.29 is 13.2 Å². The van der Waals surface area contributed by atoms with Crippen molar-refractivity contribution >= 4 is 28.2 Å². The van der Waals surface area contributed by atoms with Gasteiger partial charge in [0.05, 0.1) is 5.75 Å². The number of hydrogen-bond donors (Lipinski definition) is 2. The molecule has 1 amide bonds. The standard InChI is InChI=1S/C11H22N2O3S.ClH/c1-8(7-17(2,15)16)13-11(14)9-4-3-5-10(12)6-9;/h8-10H,3-7,12H2,1-2H3,(H,13,14);1H. The van der Waals surface area contributed by atoms with Crippen molar-refractivity contribution in [3.05, 3.63) is 0 Å². The van der Waals surface area contributed by atoms with Gasteiger partial charge in [-0.15, -0.1) is 12.4 Å². The molecule has 3 N–H and O–H groups in total. The molecule has 1 saturated carbocycles. The third-order valence-electron chi connectivity index (χ3n) is 3.03. The first-order chi connectivity index (χ1) is 7.78. The normalized spacial score (nSPS) is 25.9. The van der Waals surface area contributed by atoms with Crippen LogP contribution < -0.4 is 11.1 Å². The third-order valence-corrected chi connectivity index (χ3v) is 4.13. The van der Waals surface area contributed by atoms with E-state index in [2.05, 4.69) is 5.32 Å². The molecule has 0 aromatic carbocycles. The molecule has 0 aromatic rings. The Morgan fingerprint density at radius 1 is 1.44 bits per heavy atom. The Morgan fingerprint density at radius 3 is 2.56 bits per heavy atom. The summed E-state index contributed by atoms with van der Waals surface area (Å²) in [5.74, 6) is -0.130. The average molecular weight is 299 g/mol. The van der Waals surface area contributed by atoms with Gasteiger partial charge in [0.2, 0.25) is 5.91 Å². The highest BCUT2D eigenvalue weighted by Crippen LogP contribution is 2.23. The lowest BCUT2D eigenvalue weighted by Crippen LogP contribution is -2.43. The highest BCUT2D eigenvalue weighted by atomic mass is 35.5. The van der Waals surface area contributed by atoms with Gasteiger partial charge in [-0.3, -0.25) is 4.79 Å². The minimum absolute atomic E-state index is 0. The van der Waals surface area contributed by atoms with E-state index in [-0.39, 0.29) is 42.1 Å². The molecule has 0 aromatic heterocycles. The van der Waals surface area contributed by atoms with Crippen molar-refractivity contribution in [1.82, 2.24) is 5.32 Å². The fraction of sp³-hybridized carbons (Fsp3) is 0.909. The smallest absolute Gasteiger partial charge is 0.223 e. The number of rotatable bonds is 4. The van der Waals surface area contributed by atoms with Crippen molar-refractivity contribution in [1.29, 1.82) is 0 Å². The lowest BCUT2D eigenvalue weighted by molar-refractivity contribution is -0.126. The lowest BCUT2D eigenvalue weighted by atomic mass is 9.85. The van der Waals surface area contributed by atoms with Crippen LogP contribution >= 0.6 is 12.4 Å². The third kappa shape index (κ3) is 6.56. The summed E-state index contributed by atoms with van der Waals surface area (Å²) in [6.45, 7) is 1.71. The fourth-order valence-corrected chi connectivity index (χ4v) is 3.31. The minimum Gasteiger partial charge on any atom is -0.352 e. The molecular formula is C11H23ClN2O3S. The molecule has 1 aliphatic carbocycles. The topological polar surface area (TPSA) is 89.3 Å². The van der Waals surface area contributed by atoms with E-state index in [0.717, 1.165) is 19.3 Å². The van der Waals surface area contributed by atoms with Gasteiger partial charge in [0.15, 0.2) is 0 Å². The van der Waals surface area contributed by atoms with Crippen LogP contribution in [-0.2, 0) is 14.6 Å². The SMILES string of the molecule is CC(CS(C)(=O)=O)NC(=O)C1CCCC(N)C1.Cl. The molecule has 5 nitrogen and oxygen atoms in total. The first kappa shape index (κ1) is 17.7. The molecule has 1 aliphatic rings. The second-order valence-electron chi connectivity index (χ2n) is 5.13. The maximum absolute atomic E-state index is 11.9. The van der Waals surface area contributed by atoms with E-state index < -0.39 is 9.84 Å². The maximum atomic E-state index is 11.9. The van der Waals surface area contributed by atoms with Crippen molar-refractivity contribution in [2.45, 2.75) is 44.7 Å². The molecule has 1 rings (SSSR count). The van der Waals surface area contributed by atoms with E-state index in [4.69, 9.17) is 5.73 Å². The van der Waals surface area contributed by atoms with Gasteiger partial charge in [-0.05, 0) is 26.2 Å². The summed E-state index contributed by atoms with van der Waals surface area (Å²) < 4.78 is 22.2. The number of hydrogen-bond acceptors (Lipinski definition) is 4. The number of carbonyl (C=O) groups excluding carboxylic acids is 1. The van der Waals surface area contributed by atoms with Crippen molar-refractivity contribution in [3.8, 4) is 0 Å². The van der Waals surface area contributed by atoms with Crippen LogP contribution in [0.3, 0.4) is 0 Å². The number of amides is 1. The van der Waals surface area contributed by atoms with Crippen LogP contribution in [-0.4, -0.2) is 38.4 Å². The lowest BCUT2D eigenvalue weighted by Gasteiger charge is -2.26. The predicted octanol–water partition coefficient (Wildman–Crippen LogP) is 0.475. The second-order valence-corrected chi connectivity index (χ2v) is 7.31. The molecule has 18 heavy (non-hydrogen) atoms. The van der Waals surface area contributed by atoms with Gasteiger partial charge < -0.3 is 11.1 Å². The predicted molar refractivity (Wildman–Crippen MR) is 74.5 cm³/mol. The van der Waals surface area contributed by atoms with E-state index in [1.165, 1.54) is 6.26 Å². The molecule has 0 aliphatic heterocycles. The summed E-state index contributed by atoms with van der Waals surface area (Å²) >= 11 is 0. The van der Waals surface area contributed by atoms with E-state index in [1.54, 1.807) is 6.92 Å². The Kier molecular flexibility index (Phi) is 7.17. The molecule has 7 heteroatoms. The molecular weight excluding hydrogens is 276 g/mol. The highest BCUT2D eigenvalue weighted by molar-refractivity contribution is 7.90. The number of halogens is 1. The first-order valence-corrected chi connectivity index (χ1v) is 8.07. The Hall–Kier alpha value is -0.330. The molecule has 1 fully saturated rings. The van der Waals surface area contributed by atoms with Gasteiger partial charge in [0.25, 0.3) is 0 Å². The number of nitrogens with one attached hydrogen (secondary N) is 1. The average Bonchev–Trinajstić information content (AvgIpc) is 2.14. The van der Waals surface area contributed by atoms with Crippen LogP contribution in [0, 0.1) is 5.92 Å². The second kappa shape index (κ2) is 7.31. The summed E-state index contributed by atoms with van der Waals surface area (Å²) in [5.41, 5.74) is 5.82. The van der Waals surface area contributed by atoms with Crippen LogP contribution in [0.2, 0.25) is 0 Å². The monoisotopic (exact) mass is 298 g/mol. The molecule has 0 saturated heterocycles. The Morgan fingerprint density at radius 2 is 2.06 bits per heavy atom. The van der Waals surface area contributed by atoms with Gasteiger partial charge in [-0.25, -0.2) is 8.42 Å². The number of sulfone groups is 1. The zero-order chi connectivity index (χ0) is 13.1. The van der Waals surface area contributed by atoms with Crippen LogP contribution in [0.4, 0.5) is 0 Å². The summed E-state index contributed by atoms with van der Waals surface area (Å²) in [7, 11) is -3.05. The summed E-state index contributed by atoms with van der Waals surface area (Å²) in [6, 6.07) is -0.236. The number of carbonyl (C=O) groups is 1. The summed E-state index contributed by atoms with van der Waals surface area (Å²) in [5, 5.41) is 2.75. The van der Waals surface area contributed by atoms with Crippen LogP contribution in [0.25, 0.3) is 0 Å². The Labute approximate surface area is 115 Å².